The van der Waals surface area contributed by atoms with Crippen molar-refractivity contribution in [2.45, 2.75) is 32.0 Å². The smallest absolute Gasteiger partial charge is 0.323 e. The molecule has 30 heavy (non-hydrogen) atoms. The van der Waals surface area contributed by atoms with Crippen LogP contribution in [0.1, 0.15) is 37.2 Å². The molecule has 1 aromatic carbocycles. The highest BCUT2D eigenvalue weighted by molar-refractivity contribution is 5.84. The Hall–Kier alpha value is -3.33. The first-order chi connectivity index (χ1) is 14.4. The first-order valence-electron chi connectivity index (χ1n) is 9.48. The molecule has 0 radical (unpaired) electrons. The number of benzene rings is 1. The molecule has 0 unspecified atom stereocenters. The lowest BCUT2D eigenvalue weighted by Crippen LogP contribution is -2.12. The van der Waals surface area contributed by atoms with E-state index in [-0.39, 0.29) is 12.0 Å². The zero-order chi connectivity index (χ0) is 21.3. The van der Waals surface area contributed by atoms with Crippen molar-refractivity contribution in [3.8, 4) is 17.2 Å². The molecule has 154 valence electrons. The fourth-order valence-electron chi connectivity index (χ4n) is 3.22. The third-order valence-corrected chi connectivity index (χ3v) is 4.74. The maximum atomic E-state index is 13.0. The van der Waals surface area contributed by atoms with E-state index in [2.05, 4.69) is 27.0 Å². The van der Waals surface area contributed by atoms with Crippen molar-refractivity contribution in [2.75, 3.05) is 0 Å². The van der Waals surface area contributed by atoms with Crippen LogP contribution in [0, 0.1) is 0 Å². The average Bonchev–Trinajstić information content (AvgIpc) is 3.17. The molecule has 4 rings (SSSR count). The largest absolute Gasteiger partial charge is 0.433 e. The second-order valence-electron chi connectivity index (χ2n) is 6.91. The predicted molar refractivity (Wildman–Crippen MR) is 107 cm³/mol. The molecule has 4 aromatic rings. The molecule has 0 amide bonds. The zero-order valence-electron chi connectivity index (χ0n) is 16.1. The van der Waals surface area contributed by atoms with Crippen LogP contribution in [-0.4, -0.2) is 24.7 Å². The van der Waals surface area contributed by atoms with Gasteiger partial charge in [-0.15, -0.1) is 0 Å². The molecule has 6 nitrogen and oxygen atoms in total. The number of pyridine rings is 1. The molecule has 0 bridgehead atoms. The normalized spacial score (nSPS) is 13.0. The van der Waals surface area contributed by atoms with Crippen molar-refractivity contribution < 1.29 is 13.2 Å². The quantitative estimate of drug-likeness (QED) is 0.514. The number of hydrogen-bond donors (Lipinski definition) is 1. The second-order valence-corrected chi connectivity index (χ2v) is 6.91. The van der Waals surface area contributed by atoms with E-state index in [9.17, 15) is 13.2 Å². The van der Waals surface area contributed by atoms with Gasteiger partial charge in [-0.1, -0.05) is 31.5 Å². The third kappa shape index (κ3) is 3.88. The van der Waals surface area contributed by atoms with Crippen molar-refractivity contribution in [1.29, 1.82) is 0 Å². The summed E-state index contributed by atoms with van der Waals surface area (Å²) in [7, 11) is 0. The average molecular weight is 412 g/mol. The molecule has 1 atom stereocenters. The summed E-state index contributed by atoms with van der Waals surface area (Å²) < 4.78 is 40.4. The Bertz CT molecular complexity index is 1180. The Balaban J connectivity index is 1.77. The highest BCUT2D eigenvalue weighted by Crippen LogP contribution is 2.29. The first kappa shape index (κ1) is 20.0. The SMILES string of the molecule is CCC[C@H](N)c1cccc(-c2ccc3cnn(-c4nccc(C(F)(F)F)n4)c3c2)n1. The van der Waals surface area contributed by atoms with E-state index in [0.29, 0.717) is 5.52 Å². The molecule has 0 saturated carbocycles. The van der Waals surface area contributed by atoms with Gasteiger partial charge in [-0.05, 0) is 30.7 Å². The summed E-state index contributed by atoms with van der Waals surface area (Å²) in [6.07, 6.45) is -0.149. The first-order valence-corrected chi connectivity index (χ1v) is 9.48. The van der Waals surface area contributed by atoms with Crippen molar-refractivity contribution >= 4 is 10.9 Å². The van der Waals surface area contributed by atoms with Gasteiger partial charge in [0.2, 0.25) is 0 Å². The summed E-state index contributed by atoms with van der Waals surface area (Å²) in [5.41, 5.74) is 8.06. The summed E-state index contributed by atoms with van der Waals surface area (Å²) >= 11 is 0. The summed E-state index contributed by atoms with van der Waals surface area (Å²) in [6, 6.07) is 11.9. The van der Waals surface area contributed by atoms with Gasteiger partial charge in [-0.25, -0.2) is 9.97 Å². The number of aromatic nitrogens is 5. The van der Waals surface area contributed by atoms with Gasteiger partial charge in [0.05, 0.1) is 23.1 Å². The van der Waals surface area contributed by atoms with Crippen molar-refractivity contribution in [3.05, 3.63) is 66.2 Å². The van der Waals surface area contributed by atoms with Crippen LogP contribution in [0.25, 0.3) is 28.1 Å². The van der Waals surface area contributed by atoms with E-state index in [1.807, 2.05) is 36.4 Å². The Morgan fingerprint density at radius 3 is 2.70 bits per heavy atom. The van der Waals surface area contributed by atoms with Gasteiger partial charge in [0, 0.05) is 23.2 Å². The van der Waals surface area contributed by atoms with E-state index in [1.54, 1.807) is 6.20 Å². The van der Waals surface area contributed by atoms with Gasteiger partial charge in [0.15, 0.2) is 0 Å². The minimum atomic E-state index is -4.56. The fraction of sp³-hybridized carbons (Fsp3) is 0.238. The molecule has 0 saturated heterocycles. The van der Waals surface area contributed by atoms with Gasteiger partial charge in [-0.2, -0.15) is 23.0 Å². The molecule has 0 aliphatic heterocycles. The Morgan fingerprint density at radius 2 is 1.93 bits per heavy atom. The maximum absolute atomic E-state index is 13.0. The Kier molecular flexibility index (Phi) is 5.21. The standard InChI is InChI=1S/C21H19F3N6/c1-2-4-15(25)17-6-3-5-16(28-17)13-7-8-14-12-27-30(18(14)11-13)20-26-10-9-19(29-20)21(22,23)24/h3,5-12,15H,2,4,25H2,1H3/t15-/m0/s1. The number of fused-ring (bicyclic) bond motifs is 1. The highest BCUT2D eigenvalue weighted by atomic mass is 19.4. The van der Waals surface area contributed by atoms with E-state index in [1.165, 1.54) is 4.68 Å². The van der Waals surface area contributed by atoms with Crippen LogP contribution < -0.4 is 5.73 Å². The molecule has 0 spiro atoms. The van der Waals surface area contributed by atoms with Crippen molar-refractivity contribution in [2.24, 2.45) is 5.73 Å². The van der Waals surface area contributed by atoms with Gasteiger partial charge in [-0.3, -0.25) is 4.98 Å². The summed E-state index contributed by atoms with van der Waals surface area (Å²) in [6.45, 7) is 2.06. The number of rotatable bonds is 5. The molecule has 0 aliphatic rings. The predicted octanol–water partition coefficient (Wildman–Crippen LogP) is 4.70. The van der Waals surface area contributed by atoms with Crippen molar-refractivity contribution in [3.63, 3.8) is 0 Å². The molecule has 9 heteroatoms. The lowest BCUT2D eigenvalue weighted by molar-refractivity contribution is -0.141. The number of nitrogens with zero attached hydrogens (tertiary/aromatic N) is 5. The molecular weight excluding hydrogens is 393 g/mol. The van der Waals surface area contributed by atoms with Crippen LogP contribution in [0.2, 0.25) is 0 Å². The summed E-state index contributed by atoms with van der Waals surface area (Å²) in [5.74, 6) is -0.149. The number of hydrogen-bond acceptors (Lipinski definition) is 5. The number of nitrogens with two attached hydrogens (primary N) is 1. The topological polar surface area (TPSA) is 82.5 Å². The van der Waals surface area contributed by atoms with Crippen LogP contribution in [0.4, 0.5) is 13.2 Å². The van der Waals surface area contributed by atoms with Gasteiger partial charge < -0.3 is 5.73 Å². The molecular formula is C21H19F3N6. The Labute approximate surface area is 170 Å². The second kappa shape index (κ2) is 7.83. The molecule has 0 fully saturated rings. The lowest BCUT2D eigenvalue weighted by Gasteiger charge is -2.11. The fourth-order valence-corrected chi connectivity index (χ4v) is 3.22. The van der Waals surface area contributed by atoms with Gasteiger partial charge in [0.25, 0.3) is 5.95 Å². The zero-order valence-corrected chi connectivity index (χ0v) is 16.1. The Morgan fingerprint density at radius 1 is 1.10 bits per heavy atom. The molecule has 0 aliphatic carbocycles. The van der Waals surface area contributed by atoms with Gasteiger partial charge >= 0.3 is 6.18 Å². The number of alkyl halides is 3. The van der Waals surface area contributed by atoms with Crippen LogP contribution in [0.15, 0.2) is 54.9 Å². The number of halogens is 3. The van der Waals surface area contributed by atoms with E-state index >= 15 is 0 Å². The van der Waals surface area contributed by atoms with Crippen LogP contribution in [-0.2, 0) is 6.18 Å². The summed E-state index contributed by atoms with van der Waals surface area (Å²) in [5, 5.41) is 4.93. The molecule has 3 aromatic heterocycles. The van der Waals surface area contributed by atoms with E-state index in [0.717, 1.165) is 47.4 Å². The van der Waals surface area contributed by atoms with E-state index < -0.39 is 11.9 Å². The van der Waals surface area contributed by atoms with Gasteiger partial charge in [0.1, 0.15) is 5.69 Å². The highest BCUT2D eigenvalue weighted by Gasteiger charge is 2.33. The van der Waals surface area contributed by atoms with Crippen LogP contribution in [0.3, 0.4) is 0 Å². The monoisotopic (exact) mass is 412 g/mol. The lowest BCUT2D eigenvalue weighted by atomic mass is 10.1. The van der Waals surface area contributed by atoms with Crippen molar-refractivity contribution in [1.82, 2.24) is 24.7 Å². The minimum Gasteiger partial charge on any atom is -0.323 e. The van der Waals surface area contributed by atoms with E-state index in [4.69, 9.17) is 5.73 Å². The van der Waals surface area contributed by atoms with Crippen LogP contribution >= 0.6 is 0 Å². The molecule has 2 N–H and O–H groups in total. The third-order valence-electron chi connectivity index (χ3n) is 4.74. The summed E-state index contributed by atoms with van der Waals surface area (Å²) in [4.78, 5) is 12.3. The van der Waals surface area contributed by atoms with Crippen LogP contribution in [0.5, 0.6) is 0 Å². The molecule has 3 heterocycles. The maximum Gasteiger partial charge on any atom is 0.433 e. The minimum absolute atomic E-state index is 0.149.